The predicted molar refractivity (Wildman–Crippen MR) is 55.6 cm³/mol. The van der Waals surface area contributed by atoms with Crippen molar-refractivity contribution in [2.45, 2.75) is 12.7 Å². The fraction of sp³-hybridized carbons (Fsp3) is 0.300. The van der Waals surface area contributed by atoms with Crippen molar-refractivity contribution in [2.75, 3.05) is 5.88 Å². The molecule has 2 nitrogen and oxygen atoms in total. The molecular formula is C10H9ClF3NO. The normalized spacial score (nSPS) is 12.2. The maximum Gasteiger partial charge on any atom is 0.417 e. The molecule has 0 aromatic carbocycles. The van der Waals surface area contributed by atoms with E-state index in [0.29, 0.717) is 0 Å². The highest BCUT2D eigenvalue weighted by Crippen LogP contribution is 2.27. The smallest absolute Gasteiger partial charge is 0.311 e. The molecule has 0 aliphatic carbocycles. The fourth-order valence-corrected chi connectivity index (χ4v) is 1.22. The van der Waals surface area contributed by atoms with Gasteiger partial charge in [-0.3, -0.25) is 4.79 Å². The molecule has 0 fully saturated rings. The second-order valence-electron chi connectivity index (χ2n) is 3.03. The highest BCUT2D eigenvalue weighted by atomic mass is 35.5. The summed E-state index contributed by atoms with van der Waals surface area (Å²) in [5.41, 5.74) is -1.32. The lowest BCUT2D eigenvalue weighted by Gasteiger charge is -2.08. The van der Waals surface area contributed by atoms with Crippen LogP contribution in [0.2, 0.25) is 0 Å². The Morgan fingerprint density at radius 1 is 1.31 bits per heavy atom. The first-order valence-corrected chi connectivity index (χ1v) is 4.97. The van der Waals surface area contributed by atoms with Crippen molar-refractivity contribution in [3.05, 3.63) is 46.4 Å². The molecule has 0 bridgehead atoms. The van der Waals surface area contributed by atoms with Crippen LogP contribution in [0.5, 0.6) is 0 Å². The molecule has 0 saturated carbocycles. The monoisotopic (exact) mass is 251 g/mol. The number of rotatable bonds is 3. The van der Waals surface area contributed by atoms with Gasteiger partial charge in [-0.05, 0) is 6.07 Å². The molecule has 0 spiro atoms. The number of pyridine rings is 1. The van der Waals surface area contributed by atoms with Crippen LogP contribution >= 0.6 is 11.6 Å². The maximum atomic E-state index is 12.3. The van der Waals surface area contributed by atoms with Crippen molar-refractivity contribution in [2.24, 2.45) is 0 Å². The largest absolute Gasteiger partial charge is 0.417 e. The molecule has 0 unspecified atom stereocenters. The Bertz CT molecular complexity index is 436. The minimum atomic E-state index is -4.44. The number of alkyl halides is 4. The minimum absolute atomic E-state index is 0.0788. The van der Waals surface area contributed by atoms with Gasteiger partial charge in [0.25, 0.3) is 5.56 Å². The van der Waals surface area contributed by atoms with Gasteiger partial charge < -0.3 is 4.57 Å². The summed E-state index contributed by atoms with van der Waals surface area (Å²) in [6.45, 7) is 0.0788. The first-order chi connectivity index (χ1) is 7.45. The first-order valence-electron chi connectivity index (χ1n) is 4.44. The van der Waals surface area contributed by atoms with E-state index in [1.54, 1.807) is 6.08 Å². The minimum Gasteiger partial charge on any atom is -0.311 e. The van der Waals surface area contributed by atoms with Gasteiger partial charge >= 0.3 is 6.18 Å². The highest BCUT2D eigenvalue weighted by molar-refractivity contribution is 6.18. The molecule has 0 saturated heterocycles. The summed E-state index contributed by atoms with van der Waals surface area (Å²) >= 11 is 5.36. The zero-order valence-electron chi connectivity index (χ0n) is 8.17. The number of hydrogen-bond donors (Lipinski definition) is 0. The molecule has 0 amide bonds. The molecule has 16 heavy (non-hydrogen) atoms. The van der Waals surface area contributed by atoms with Crippen molar-refractivity contribution in [3.63, 3.8) is 0 Å². The predicted octanol–water partition coefficient (Wildman–Crippen LogP) is 2.66. The quantitative estimate of drug-likeness (QED) is 0.598. The van der Waals surface area contributed by atoms with Crippen molar-refractivity contribution < 1.29 is 13.2 Å². The van der Waals surface area contributed by atoms with E-state index in [-0.39, 0.29) is 12.4 Å². The first kappa shape index (κ1) is 12.8. The van der Waals surface area contributed by atoms with E-state index in [1.807, 2.05) is 0 Å². The summed E-state index contributed by atoms with van der Waals surface area (Å²) in [4.78, 5) is 11.2. The number of nitrogens with zero attached hydrogens (tertiary/aromatic N) is 1. The molecule has 1 aromatic heterocycles. The van der Waals surface area contributed by atoms with Crippen LogP contribution in [0.15, 0.2) is 35.3 Å². The zero-order valence-corrected chi connectivity index (χ0v) is 8.92. The molecule has 1 aromatic rings. The van der Waals surface area contributed by atoms with Crippen LogP contribution in [0.4, 0.5) is 13.2 Å². The Hall–Kier alpha value is -1.23. The maximum absolute atomic E-state index is 12.3. The van der Waals surface area contributed by atoms with E-state index in [0.717, 1.165) is 22.9 Å². The summed E-state index contributed by atoms with van der Waals surface area (Å²) in [5.74, 6) is 0.258. The van der Waals surface area contributed by atoms with Gasteiger partial charge in [-0.2, -0.15) is 13.2 Å². The fourth-order valence-electron chi connectivity index (χ4n) is 1.09. The molecular weight excluding hydrogens is 243 g/mol. The topological polar surface area (TPSA) is 22.0 Å². The summed E-state index contributed by atoms with van der Waals surface area (Å²) in [6, 6.07) is 1.67. The van der Waals surface area contributed by atoms with Crippen LogP contribution in [0.3, 0.4) is 0 Å². The number of allylic oxidation sites excluding steroid dienone is 2. The highest BCUT2D eigenvalue weighted by Gasteiger charge is 2.30. The molecule has 1 heterocycles. The van der Waals surface area contributed by atoms with Gasteiger partial charge in [-0.25, -0.2) is 0 Å². The number of hydrogen-bond acceptors (Lipinski definition) is 1. The van der Waals surface area contributed by atoms with E-state index < -0.39 is 17.3 Å². The second kappa shape index (κ2) is 5.21. The van der Waals surface area contributed by atoms with Crippen LogP contribution < -0.4 is 5.56 Å². The SMILES string of the molecule is O=c1ccc(C(F)(F)F)cn1CC=CCCl. The molecule has 0 radical (unpaired) electrons. The van der Waals surface area contributed by atoms with Crippen LogP contribution in [0.1, 0.15) is 5.56 Å². The van der Waals surface area contributed by atoms with Crippen molar-refractivity contribution >= 4 is 11.6 Å². The Morgan fingerprint density at radius 3 is 2.56 bits per heavy atom. The van der Waals surface area contributed by atoms with E-state index >= 15 is 0 Å². The average molecular weight is 252 g/mol. The lowest BCUT2D eigenvalue weighted by Crippen LogP contribution is -2.20. The Balaban J connectivity index is 3.00. The van der Waals surface area contributed by atoms with Crippen molar-refractivity contribution in [1.82, 2.24) is 4.57 Å². The van der Waals surface area contributed by atoms with Crippen LogP contribution in [-0.2, 0) is 12.7 Å². The molecule has 0 aliphatic heterocycles. The molecule has 1 rings (SSSR count). The summed E-state index contributed by atoms with van der Waals surface area (Å²) in [5, 5.41) is 0. The van der Waals surface area contributed by atoms with Gasteiger partial charge in [0.15, 0.2) is 0 Å². The van der Waals surface area contributed by atoms with Gasteiger partial charge in [0.05, 0.1) is 5.56 Å². The summed E-state index contributed by atoms with van der Waals surface area (Å²) in [7, 11) is 0. The van der Waals surface area contributed by atoms with Crippen molar-refractivity contribution in [3.8, 4) is 0 Å². The lowest BCUT2D eigenvalue weighted by molar-refractivity contribution is -0.138. The van der Waals surface area contributed by atoms with E-state index in [9.17, 15) is 18.0 Å². The molecule has 0 atom stereocenters. The van der Waals surface area contributed by atoms with Gasteiger partial charge in [0.1, 0.15) is 0 Å². The van der Waals surface area contributed by atoms with Crippen LogP contribution in [0, 0.1) is 0 Å². The van der Waals surface area contributed by atoms with Crippen LogP contribution in [-0.4, -0.2) is 10.4 Å². The number of aromatic nitrogens is 1. The van der Waals surface area contributed by atoms with E-state index in [2.05, 4.69) is 0 Å². The molecule has 0 aliphatic rings. The average Bonchev–Trinajstić information content (AvgIpc) is 2.19. The van der Waals surface area contributed by atoms with Crippen molar-refractivity contribution in [1.29, 1.82) is 0 Å². The van der Waals surface area contributed by atoms with Crippen LogP contribution in [0.25, 0.3) is 0 Å². The van der Waals surface area contributed by atoms with E-state index in [4.69, 9.17) is 11.6 Å². The summed E-state index contributed by atoms with van der Waals surface area (Å²) in [6.07, 6.45) is -0.546. The summed E-state index contributed by atoms with van der Waals surface area (Å²) < 4.78 is 38.0. The molecule has 0 N–H and O–H groups in total. The van der Waals surface area contributed by atoms with Gasteiger partial charge in [0, 0.05) is 24.7 Å². The lowest BCUT2D eigenvalue weighted by atomic mass is 10.3. The van der Waals surface area contributed by atoms with E-state index in [1.165, 1.54) is 6.08 Å². The standard InChI is InChI=1S/C10H9ClF3NO/c11-5-1-2-6-15-7-8(10(12,13)14)3-4-9(15)16/h1-4,7H,5-6H2. The zero-order chi connectivity index (χ0) is 12.2. The third-order valence-electron chi connectivity index (χ3n) is 1.87. The molecule has 88 valence electrons. The Morgan fingerprint density at radius 2 is 2.00 bits per heavy atom. The Kier molecular flexibility index (Phi) is 4.18. The van der Waals surface area contributed by atoms with Gasteiger partial charge in [-0.1, -0.05) is 12.2 Å². The molecule has 6 heteroatoms. The Labute approximate surface area is 95.0 Å². The third-order valence-corrected chi connectivity index (χ3v) is 2.05. The van der Waals surface area contributed by atoms with Gasteiger partial charge in [0.2, 0.25) is 0 Å². The third kappa shape index (κ3) is 3.41. The second-order valence-corrected chi connectivity index (χ2v) is 3.34. The van der Waals surface area contributed by atoms with Gasteiger partial charge in [-0.15, -0.1) is 11.6 Å². The number of halogens is 4.